The van der Waals surface area contributed by atoms with Crippen molar-refractivity contribution in [2.45, 2.75) is 117 Å². The maximum atomic E-state index is 12.5. The molecule has 0 aliphatic heterocycles. The summed E-state index contributed by atoms with van der Waals surface area (Å²) in [4.78, 5) is 75.3. The number of fused-ring (bicyclic) bond motifs is 9. The Kier molecular flexibility index (Phi) is 14.2. The summed E-state index contributed by atoms with van der Waals surface area (Å²) >= 11 is 0. The number of hydrogen-bond donors (Lipinski definition) is 0. The summed E-state index contributed by atoms with van der Waals surface area (Å²) in [7, 11) is 0. The Balaban J connectivity index is 0.000000142. The van der Waals surface area contributed by atoms with Gasteiger partial charge in [-0.05, 0) is 55.7 Å². The first kappa shape index (κ1) is 44.2. The van der Waals surface area contributed by atoms with E-state index in [4.69, 9.17) is 26.5 Å². The Bertz CT molecular complexity index is 2810. The normalized spacial score (nSPS) is 11.5. The molecular weight excluding hydrogens is 811 g/mol. The van der Waals surface area contributed by atoms with Gasteiger partial charge in [-0.2, -0.15) is 0 Å². The molecule has 9 aromatic heterocycles. The Morgan fingerprint density at radius 1 is 0.302 bits per heavy atom. The van der Waals surface area contributed by atoms with E-state index in [1.165, 1.54) is 51.3 Å². The molecule has 15 nitrogen and oxygen atoms in total. The molecule has 0 aliphatic carbocycles. The van der Waals surface area contributed by atoms with Crippen LogP contribution in [0, 0.1) is 0 Å². The highest BCUT2D eigenvalue weighted by Gasteiger charge is 2.18. The molecule has 0 spiro atoms. The van der Waals surface area contributed by atoms with Crippen LogP contribution in [0.5, 0.6) is 0 Å². The molecule has 0 saturated heterocycles. The lowest BCUT2D eigenvalue weighted by Gasteiger charge is -2.01. The number of rotatable bonds is 15. The summed E-state index contributed by atoms with van der Waals surface area (Å²) in [6, 6.07) is 9.51. The lowest BCUT2D eigenvalue weighted by atomic mass is 10.2. The van der Waals surface area contributed by atoms with Gasteiger partial charge in [0.05, 0.1) is 69.9 Å². The number of unbranched alkanes of at least 4 members (excludes halogenated alkanes) is 9. The minimum Gasteiger partial charge on any atom is -0.460 e. The number of hydrogen-bond acceptors (Lipinski definition) is 12. The predicted octanol–water partition coefficient (Wildman–Crippen LogP) is 9.84. The van der Waals surface area contributed by atoms with Gasteiger partial charge < -0.3 is 26.5 Å². The van der Waals surface area contributed by atoms with Gasteiger partial charge in [0.15, 0.2) is 33.5 Å². The lowest BCUT2D eigenvalue weighted by molar-refractivity contribution is 0.565. The molecule has 0 amide bonds. The molecule has 0 aromatic carbocycles. The van der Waals surface area contributed by atoms with E-state index in [2.05, 4.69) is 20.8 Å². The van der Waals surface area contributed by atoms with Crippen LogP contribution in [0.15, 0.2) is 129 Å². The van der Waals surface area contributed by atoms with Crippen LogP contribution in [0.25, 0.3) is 65.8 Å². The van der Waals surface area contributed by atoms with Crippen molar-refractivity contribution in [3.63, 3.8) is 0 Å². The van der Waals surface area contributed by atoms with Gasteiger partial charge in [0.25, 0.3) is 33.4 Å². The Labute approximate surface area is 358 Å². The SMILES string of the molecule is CCCCCCn1c(=O)c2ccoc2c2occc2c1=O.CCCCCCn1c(=O)c2ccoc2c2occc2c1=O.CCCCCCn1c(=O)c2ccoc2c2occc2c1=O. The van der Waals surface area contributed by atoms with Crippen LogP contribution < -0.4 is 33.4 Å². The van der Waals surface area contributed by atoms with Crippen molar-refractivity contribution in [2.24, 2.45) is 0 Å². The second kappa shape index (κ2) is 20.3. The first-order chi connectivity index (χ1) is 30.7. The van der Waals surface area contributed by atoms with Crippen molar-refractivity contribution >= 4 is 65.8 Å². The average Bonchev–Trinajstić information content (AvgIpc) is 4.15. The lowest BCUT2D eigenvalue weighted by Crippen LogP contribution is -2.30. The number of furan rings is 6. The molecule has 9 rings (SSSR count). The number of nitrogens with zero attached hydrogens (tertiary/aromatic N) is 3. The van der Waals surface area contributed by atoms with Crippen LogP contribution in [0.3, 0.4) is 0 Å². The maximum absolute atomic E-state index is 12.5. The van der Waals surface area contributed by atoms with Gasteiger partial charge in [-0.25, -0.2) is 0 Å². The quantitative estimate of drug-likeness (QED) is 0.0886. The average molecular weight is 862 g/mol. The molecule has 63 heavy (non-hydrogen) atoms. The van der Waals surface area contributed by atoms with Crippen molar-refractivity contribution in [3.8, 4) is 0 Å². The predicted molar refractivity (Wildman–Crippen MR) is 242 cm³/mol. The molecule has 0 N–H and O–H groups in total. The Morgan fingerprint density at radius 3 is 0.667 bits per heavy atom. The highest BCUT2D eigenvalue weighted by Crippen LogP contribution is 2.24. The van der Waals surface area contributed by atoms with E-state index in [0.717, 1.165) is 77.0 Å². The van der Waals surface area contributed by atoms with Gasteiger partial charge >= 0.3 is 0 Å². The van der Waals surface area contributed by atoms with Crippen molar-refractivity contribution in [2.75, 3.05) is 0 Å². The molecule has 9 aromatic rings. The van der Waals surface area contributed by atoms with E-state index in [1.807, 2.05) is 0 Å². The van der Waals surface area contributed by atoms with Gasteiger partial charge in [-0.3, -0.25) is 42.5 Å². The first-order valence-corrected chi connectivity index (χ1v) is 21.8. The van der Waals surface area contributed by atoms with Crippen molar-refractivity contribution in [1.29, 1.82) is 0 Å². The molecule has 0 fully saturated rings. The summed E-state index contributed by atoms with van der Waals surface area (Å²) < 4.78 is 35.9. The molecule has 0 saturated carbocycles. The van der Waals surface area contributed by atoms with Crippen molar-refractivity contribution < 1.29 is 26.5 Å². The summed E-state index contributed by atoms with van der Waals surface area (Å²) in [6.45, 7) is 7.64. The summed E-state index contributed by atoms with van der Waals surface area (Å²) in [6.07, 6.45) is 20.7. The second-order valence-electron chi connectivity index (χ2n) is 15.4. The highest BCUT2D eigenvalue weighted by atomic mass is 16.4. The third-order valence-electron chi connectivity index (χ3n) is 11.2. The molecule has 330 valence electrons. The largest absolute Gasteiger partial charge is 0.460 e. The minimum absolute atomic E-state index is 0.313. The van der Waals surface area contributed by atoms with Crippen LogP contribution in [0.2, 0.25) is 0 Å². The molecular formula is C48H51N3O12. The third kappa shape index (κ3) is 9.04. The van der Waals surface area contributed by atoms with E-state index in [0.29, 0.717) is 85.4 Å². The summed E-state index contributed by atoms with van der Waals surface area (Å²) in [5.74, 6) is 0. The highest BCUT2D eigenvalue weighted by molar-refractivity contribution is 5.99. The van der Waals surface area contributed by atoms with Crippen LogP contribution in [-0.2, 0) is 19.6 Å². The third-order valence-corrected chi connectivity index (χ3v) is 11.2. The van der Waals surface area contributed by atoms with Crippen LogP contribution in [0.1, 0.15) is 97.8 Å². The van der Waals surface area contributed by atoms with Gasteiger partial charge in [-0.1, -0.05) is 78.6 Å². The fourth-order valence-corrected chi connectivity index (χ4v) is 7.77. The first-order valence-electron chi connectivity index (χ1n) is 21.8. The van der Waals surface area contributed by atoms with Gasteiger partial charge in [0.1, 0.15) is 0 Å². The molecule has 0 radical (unpaired) electrons. The van der Waals surface area contributed by atoms with E-state index in [1.54, 1.807) is 36.4 Å². The molecule has 0 bridgehead atoms. The Morgan fingerprint density at radius 2 is 0.492 bits per heavy atom. The van der Waals surface area contributed by atoms with E-state index in [-0.39, 0.29) is 33.4 Å². The zero-order valence-electron chi connectivity index (χ0n) is 35.8. The van der Waals surface area contributed by atoms with E-state index in [9.17, 15) is 28.8 Å². The van der Waals surface area contributed by atoms with Crippen LogP contribution in [-0.4, -0.2) is 13.7 Å². The van der Waals surface area contributed by atoms with Crippen molar-refractivity contribution in [3.05, 3.63) is 136 Å². The zero-order chi connectivity index (χ0) is 44.5. The zero-order valence-corrected chi connectivity index (χ0v) is 35.8. The van der Waals surface area contributed by atoms with Gasteiger partial charge in [0, 0.05) is 19.6 Å². The molecule has 15 heteroatoms. The summed E-state index contributed by atoms with van der Waals surface area (Å²) in [5, 5.41) is 2.29. The van der Waals surface area contributed by atoms with E-state index >= 15 is 0 Å². The molecule has 0 unspecified atom stereocenters. The molecule has 9 heterocycles. The summed E-state index contributed by atoms with van der Waals surface area (Å²) in [5.41, 5.74) is 0.145. The standard InChI is InChI=1S/3C16H17NO4/c3*1-2-3-4-5-8-17-15(18)11-6-9-20-13(11)14-12(16(17)19)7-10-21-14/h3*6-7,9-10H,2-5,8H2,1H3. The van der Waals surface area contributed by atoms with Gasteiger partial charge in [0.2, 0.25) is 0 Å². The smallest absolute Gasteiger partial charge is 0.264 e. The van der Waals surface area contributed by atoms with Gasteiger partial charge in [-0.15, -0.1) is 0 Å². The second-order valence-corrected chi connectivity index (χ2v) is 15.4. The number of aromatic nitrogens is 3. The monoisotopic (exact) mass is 861 g/mol. The van der Waals surface area contributed by atoms with E-state index < -0.39 is 0 Å². The minimum atomic E-state index is -0.313. The fourth-order valence-electron chi connectivity index (χ4n) is 7.77. The Hall–Kier alpha value is -6.90. The maximum Gasteiger partial charge on any atom is 0.264 e. The molecule has 0 aliphatic rings. The topological polar surface area (TPSA) is 196 Å². The fraction of sp³-hybridized carbons (Fsp3) is 0.375. The van der Waals surface area contributed by atoms with Crippen LogP contribution in [0.4, 0.5) is 0 Å². The van der Waals surface area contributed by atoms with Crippen LogP contribution >= 0.6 is 0 Å². The van der Waals surface area contributed by atoms with Crippen molar-refractivity contribution in [1.82, 2.24) is 13.7 Å². The molecule has 0 atom stereocenters.